The number of esters is 1. The average molecular weight is 468 g/mol. The zero-order chi connectivity index (χ0) is 24.2. The zero-order valence-corrected chi connectivity index (χ0v) is 20.4. The van der Waals surface area contributed by atoms with E-state index < -0.39 is 0 Å². The number of amidine groups is 1. The number of nitrogens with zero attached hydrogens (tertiary/aromatic N) is 3. The number of hydrogen-bond donors (Lipinski definition) is 2. The smallest absolute Gasteiger partial charge is 0.323 e. The Morgan fingerprint density at radius 1 is 1.15 bits per heavy atom. The van der Waals surface area contributed by atoms with Crippen LogP contribution >= 0.6 is 0 Å². The predicted octanol–water partition coefficient (Wildman–Crippen LogP) is 2.90. The van der Waals surface area contributed by atoms with Gasteiger partial charge < -0.3 is 19.9 Å². The molecule has 3 N–H and O–H groups in total. The van der Waals surface area contributed by atoms with Gasteiger partial charge in [-0.2, -0.15) is 0 Å². The average Bonchev–Trinajstić information content (AvgIpc) is 3.55. The Morgan fingerprint density at radius 2 is 1.94 bits per heavy atom. The van der Waals surface area contributed by atoms with E-state index in [0.29, 0.717) is 13.2 Å². The molecule has 0 aliphatic carbocycles. The number of fused-ring (bicyclic) bond motifs is 1. The second-order valence-corrected chi connectivity index (χ2v) is 9.37. The first-order valence-electron chi connectivity index (χ1n) is 12.6. The highest BCUT2D eigenvalue weighted by Gasteiger charge is 2.36. The topological polar surface area (TPSA) is 105 Å². The Kier molecular flexibility index (Phi) is 7.56. The Labute approximate surface area is 201 Å². The van der Waals surface area contributed by atoms with E-state index in [-0.39, 0.29) is 29.8 Å². The van der Waals surface area contributed by atoms with Crippen molar-refractivity contribution in [3.63, 3.8) is 0 Å². The first-order valence-corrected chi connectivity index (χ1v) is 12.6. The van der Waals surface area contributed by atoms with Crippen LogP contribution in [0, 0.1) is 5.41 Å². The molecule has 1 aromatic heterocycles. The van der Waals surface area contributed by atoms with Crippen LogP contribution < -0.4 is 5.73 Å². The van der Waals surface area contributed by atoms with Gasteiger partial charge >= 0.3 is 5.97 Å². The van der Waals surface area contributed by atoms with Gasteiger partial charge in [-0.25, -0.2) is 0 Å². The number of carbonyl (C=O) groups is 2. The highest BCUT2D eigenvalue weighted by molar-refractivity contribution is 5.98. The Hall–Kier alpha value is -2.87. The van der Waals surface area contributed by atoms with Crippen molar-refractivity contribution in [1.29, 1.82) is 5.41 Å². The summed E-state index contributed by atoms with van der Waals surface area (Å²) in [6.07, 6.45) is 5.55. The summed E-state index contributed by atoms with van der Waals surface area (Å²) in [5.41, 5.74) is 8.78. The molecule has 2 saturated heterocycles. The van der Waals surface area contributed by atoms with Crippen LogP contribution in [0.4, 0.5) is 0 Å². The van der Waals surface area contributed by atoms with Gasteiger partial charge in [0.05, 0.1) is 13.2 Å². The molecule has 0 spiro atoms. The van der Waals surface area contributed by atoms with E-state index in [0.717, 1.165) is 74.6 Å². The molecule has 1 aromatic carbocycles. The predicted molar refractivity (Wildman–Crippen MR) is 133 cm³/mol. The van der Waals surface area contributed by atoms with Gasteiger partial charge in [0.1, 0.15) is 11.9 Å². The summed E-state index contributed by atoms with van der Waals surface area (Å²) >= 11 is 0. The van der Waals surface area contributed by atoms with Crippen molar-refractivity contribution in [3.8, 4) is 0 Å². The number of aromatic nitrogens is 1. The lowest BCUT2D eigenvalue weighted by molar-refractivity contribution is -0.149. The summed E-state index contributed by atoms with van der Waals surface area (Å²) in [7, 11) is 0. The van der Waals surface area contributed by atoms with Crippen LogP contribution in [0.15, 0.2) is 24.3 Å². The fourth-order valence-electron chi connectivity index (χ4n) is 5.62. The molecule has 1 amide bonds. The molecule has 184 valence electrons. The minimum atomic E-state index is -0.287. The van der Waals surface area contributed by atoms with E-state index in [1.165, 1.54) is 5.69 Å². The lowest BCUT2D eigenvalue weighted by Gasteiger charge is -2.29. The molecule has 3 heterocycles. The lowest BCUT2D eigenvalue weighted by atomic mass is 10.1. The highest BCUT2D eigenvalue weighted by Crippen LogP contribution is 2.27. The first-order chi connectivity index (χ1) is 16.4. The number of hydrogen-bond acceptors (Lipinski definition) is 5. The number of benzene rings is 1. The molecule has 0 radical (unpaired) electrons. The quantitative estimate of drug-likeness (QED) is 0.335. The second kappa shape index (κ2) is 10.6. The molecular formula is C26H37N5O3. The van der Waals surface area contributed by atoms with E-state index in [1.54, 1.807) is 0 Å². The van der Waals surface area contributed by atoms with Gasteiger partial charge in [0.15, 0.2) is 0 Å². The fraction of sp³-hybridized carbons (Fsp3) is 0.577. The molecule has 8 heteroatoms. The van der Waals surface area contributed by atoms with Crippen LogP contribution in [-0.4, -0.2) is 70.4 Å². The minimum Gasteiger partial charge on any atom is -0.465 e. The maximum Gasteiger partial charge on any atom is 0.323 e. The van der Waals surface area contributed by atoms with E-state index in [1.807, 2.05) is 34.9 Å². The number of likely N-dealkylation sites (tertiary alicyclic amines) is 2. The largest absolute Gasteiger partial charge is 0.465 e. The second-order valence-electron chi connectivity index (χ2n) is 9.37. The van der Waals surface area contributed by atoms with E-state index in [2.05, 4.69) is 17.6 Å². The third kappa shape index (κ3) is 4.97. The number of nitrogen functional groups attached to an aromatic ring is 1. The molecule has 0 bridgehead atoms. The number of nitrogens with one attached hydrogen (secondary N) is 1. The molecule has 2 aliphatic rings. The Balaban J connectivity index is 1.41. The van der Waals surface area contributed by atoms with Gasteiger partial charge in [-0.05, 0) is 76.4 Å². The third-order valence-corrected chi connectivity index (χ3v) is 7.31. The van der Waals surface area contributed by atoms with Gasteiger partial charge in [0.25, 0.3) is 0 Å². The molecule has 0 saturated carbocycles. The lowest BCUT2D eigenvalue weighted by Crippen LogP contribution is -2.46. The van der Waals surface area contributed by atoms with Crippen LogP contribution in [0.3, 0.4) is 0 Å². The monoisotopic (exact) mass is 467 g/mol. The maximum absolute atomic E-state index is 13.2. The van der Waals surface area contributed by atoms with Crippen molar-refractivity contribution in [2.24, 2.45) is 5.73 Å². The molecule has 34 heavy (non-hydrogen) atoms. The molecule has 8 nitrogen and oxygen atoms in total. The van der Waals surface area contributed by atoms with Crippen LogP contribution in [0.5, 0.6) is 0 Å². The van der Waals surface area contributed by atoms with Crippen LogP contribution in [0.2, 0.25) is 0 Å². The summed E-state index contributed by atoms with van der Waals surface area (Å²) in [5, 5.41) is 8.89. The summed E-state index contributed by atoms with van der Waals surface area (Å²) in [5.74, 6) is 0.00235. The summed E-state index contributed by atoms with van der Waals surface area (Å²) < 4.78 is 7.50. The molecule has 2 aromatic rings. The number of nitrogens with two attached hydrogens (primary N) is 1. The summed E-state index contributed by atoms with van der Waals surface area (Å²) in [6.45, 7) is 7.02. The maximum atomic E-state index is 13.2. The van der Waals surface area contributed by atoms with Crippen molar-refractivity contribution >= 4 is 28.6 Å². The summed E-state index contributed by atoms with van der Waals surface area (Å²) in [4.78, 5) is 29.5. The van der Waals surface area contributed by atoms with Gasteiger partial charge in [-0.15, -0.1) is 0 Å². The Morgan fingerprint density at radius 3 is 2.68 bits per heavy atom. The van der Waals surface area contributed by atoms with Crippen molar-refractivity contribution in [2.75, 3.05) is 26.2 Å². The van der Waals surface area contributed by atoms with Crippen molar-refractivity contribution in [2.45, 2.75) is 71.0 Å². The van der Waals surface area contributed by atoms with Gasteiger partial charge in [0.2, 0.25) is 5.91 Å². The number of ether oxygens (including phenoxy) is 1. The van der Waals surface area contributed by atoms with Crippen LogP contribution in [-0.2, 0) is 27.3 Å². The van der Waals surface area contributed by atoms with Crippen molar-refractivity contribution in [1.82, 2.24) is 14.4 Å². The summed E-state index contributed by atoms with van der Waals surface area (Å²) in [6, 6.07) is 8.08. The fourth-order valence-corrected chi connectivity index (χ4v) is 5.62. The van der Waals surface area contributed by atoms with Crippen molar-refractivity contribution in [3.05, 3.63) is 35.5 Å². The SMILES string of the molecule is CCOC(=O)C1CCCN1CC(=O)N1CCC[C@H]1CCc1cc2ccc(C(=N)N)cc2n1CC. The minimum absolute atomic E-state index is 0.0793. The molecule has 1 unspecified atom stereocenters. The third-order valence-electron chi connectivity index (χ3n) is 7.31. The number of rotatable bonds is 9. The highest BCUT2D eigenvalue weighted by atomic mass is 16.5. The van der Waals surface area contributed by atoms with Crippen molar-refractivity contribution < 1.29 is 14.3 Å². The normalized spacial score (nSPS) is 20.8. The van der Waals surface area contributed by atoms with E-state index in [9.17, 15) is 9.59 Å². The standard InChI is InChI=1S/C26H37N5O3/c1-3-30-21(15-18-9-10-19(25(27)28)16-23(18)30)12-11-20-7-5-14-31(20)24(32)17-29-13-6-8-22(29)26(33)34-4-2/h9-10,15-16,20,22H,3-8,11-14,17H2,1-2H3,(H3,27,28)/t20-,22?/m0/s1. The van der Waals surface area contributed by atoms with Crippen LogP contribution in [0.25, 0.3) is 10.9 Å². The number of aryl methyl sites for hydroxylation is 2. The Bertz CT molecular complexity index is 1060. The molecule has 2 atom stereocenters. The number of amides is 1. The van der Waals surface area contributed by atoms with E-state index >= 15 is 0 Å². The van der Waals surface area contributed by atoms with Crippen LogP contribution in [0.1, 0.15) is 57.2 Å². The van der Waals surface area contributed by atoms with Gasteiger partial charge in [-0.1, -0.05) is 12.1 Å². The van der Waals surface area contributed by atoms with Gasteiger partial charge in [-0.3, -0.25) is 19.9 Å². The zero-order valence-electron chi connectivity index (χ0n) is 20.4. The first kappa shape index (κ1) is 24.3. The molecule has 4 rings (SSSR count). The number of carbonyl (C=O) groups excluding carboxylic acids is 2. The molecule has 2 aliphatic heterocycles. The molecule has 2 fully saturated rings. The van der Waals surface area contributed by atoms with Gasteiger partial charge in [0, 0.05) is 35.9 Å². The van der Waals surface area contributed by atoms with E-state index in [4.69, 9.17) is 15.9 Å². The molecular weight excluding hydrogens is 430 g/mol.